The SMILES string of the molecule is O=C(/C=C/c1cccc(N2C(=O)[C@@H]3[C@H](C2=O)[C@H]2C=C[C@H]3C2)c1)c1cccc(N2C(=O)[C@H]3[C@H](C2=O)[C@H]2C=C[C@H]3C2)c1. The number of amides is 4. The predicted octanol–water partition coefficient (Wildman–Crippen LogP) is 4.21. The molecule has 2 saturated heterocycles. The largest absolute Gasteiger partial charge is 0.289 e. The summed E-state index contributed by atoms with van der Waals surface area (Å²) in [6.07, 6.45) is 13.1. The summed E-state index contributed by atoms with van der Waals surface area (Å²) in [7, 11) is 0. The maximum Gasteiger partial charge on any atom is 0.238 e. The third kappa shape index (κ3) is 3.14. The van der Waals surface area contributed by atoms with Crippen molar-refractivity contribution >= 4 is 46.9 Å². The highest BCUT2D eigenvalue weighted by atomic mass is 16.2. The fraction of sp³-hybridized carbons (Fsp3) is 0.303. The molecule has 4 aliphatic carbocycles. The molecule has 6 aliphatic rings. The maximum absolute atomic E-state index is 13.2. The number of benzene rings is 2. The molecule has 8 rings (SSSR count). The number of ketones is 1. The van der Waals surface area contributed by atoms with Gasteiger partial charge >= 0.3 is 0 Å². The van der Waals surface area contributed by atoms with Crippen LogP contribution < -0.4 is 9.80 Å². The molecule has 7 nitrogen and oxygen atoms in total. The quantitative estimate of drug-likeness (QED) is 0.250. The fourth-order valence-electron chi connectivity index (χ4n) is 8.15. The number of carbonyl (C=O) groups is 5. The van der Waals surface area contributed by atoms with Gasteiger partial charge < -0.3 is 0 Å². The first kappa shape index (κ1) is 23.5. The normalized spacial score (nSPS) is 34.7. The Morgan fingerprint density at radius 3 is 1.57 bits per heavy atom. The molecule has 8 atom stereocenters. The number of fused-ring (bicyclic) bond motifs is 10. The molecule has 2 saturated carbocycles. The van der Waals surface area contributed by atoms with Crippen LogP contribution in [0, 0.1) is 47.3 Å². The molecule has 40 heavy (non-hydrogen) atoms. The van der Waals surface area contributed by atoms with Crippen LogP contribution in [-0.2, 0) is 19.2 Å². The summed E-state index contributed by atoms with van der Waals surface area (Å²) in [5.74, 6) is -1.51. The second-order valence-corrected chi connectivity index (χ2v) is 11.9. The zero-order chi connectivity index (χ0) is 27.3. The van der Waals surface area contributed by atoms with Gasteiger partial charge in [-0.3, -0.25) is 24.0 Å². The van der Waals surface area contributed by atoms with Gasteiger partial charge in [0.2, 0.25) is 23.6 Å². The van der Waals surface area contributed by atoms with E-state index in [2.05, 4.69) is 24.3 Å². The molecular formula is C33H26N2O5. The van der Waals surface area contributed by atoms with Crippen molar-refractivity contribution in [3.05, 3.63) is 90.0 Å². The maximum atomic E-state index is 13.2. The number of rotatable bonds is 5. The van der Waals surface area contributed by atoms with E-state index < -0.39 is 0 Å². The number of hydrogen-bond donors (Lipinski definition) is 0. The van der Waals surface area contributed by atoms with E-state index in [1.54, 1.807) is 48.5 Å². The first-order chi connectivity index (χ1) is 19.4. The molecule has 0 N–H and O–H groups in total. The van der Waals surface area contributed by atoms with E-state index in [0.29, 0.717) is 22.5 Å². The first-order valence-electron chi connectivity index (χ1n) is 14.0. The minimum Gasteiger partial charge on any atom is -0.289 e. The Kier molecular flexibility index (Phi) is 4.88. The molecule has 4 fully saturated rings. The van der Waals surface area contributed by atoms with Crippen molar-refractivity contribution in [1.29, 1.82) is 0 Å². The average molecular weight is 531 g/mol. The number of hydrogen-bond acceptors (Lipinski definition) is 5. The lowest BCUT2D eigenvalue weighted by Gasteiger charge is -2.18. The zero-order valence-electron chi connectivity index (χ0n) is 21.6. The number of allylic oxidation sites excluding steroid dienone is 5. The summed E-state index contributed by atoms with van der Waals surface area (Å²) in [4.78, 5) is 68.4. The number of anilines is 2. The molecule has 2 aromatic rings. The van der Waals surface area contributed by atoms with E-state index in [1.807, 2.05) is 6.07 Å². The van der Waals surface area contributed by atoms with Crippen molar-refractivity contribution in [1.82, 2.24) is 0 Å². The second kappa shape index (κ2) is 8.31. The highest BCUT2D eigenvalue weighted by Gasteiger charge is 2.60. The summed E-state index contributed by atoms with van der Waals surface area (Å²) in [5, 5.41) is 0. The van der Waals surface area contributed by atoms with Gasteiger partial charge in [0.25, 0.3) is 0 Å². The van der Waals surface area contributed by atoms with Gasteiger partial charge in [-0.25, -0.2) is 9.80 Å². The van der Waals surface area contributed by atoms with E-state index in [-0.39, 0.29) is 76.8 Å². The lowest BCUT2D eigenvalue weighted by Crippen LogP contribution is -2.32. The molecule has 4 amide bonds. The summed E-state index contributed by atoms with van der Waals surface area (Å²) in [6, 6.07) is 13.7. The zero-order valence-corrected chi connectivity index (χ0v) is 21.6. The van der Waals surface area contributed by atoms with Gasteiger partial charge in [-0.15, -0.1) is 0 Å². The van der Waals surface area contributed by atoms with E-state index in [9.17, 15) is 24.0 Å². The lowest BCUT2D eigenvalue weighted by atomic mass is 9.85. The molecule has 0 aromatic heterocycles. The minimum atomic E-state index is -0.297. The highest BCUT2D eigenvalue weighted by molar-refractivity contribution is 6.24. The highest BCUT2D eigenvalue weighted by Crippen LogP contribution is 2.54. The van der Waals surface area contributed by atoms with E-state index in [1.165, 1.54) is 15.9 Å². The van der Waals surface area contributed by atoms with Crippen molar-refractivity contribution in [2.45, 2.75) is 12.8 Å². The lowest BCUT2D eigenvalue weighted by molar-refractivity contribution is -0.124. The Morgan fingerprint density at radius 2 is 1.07 bits per heavy atom. The minimum absolute atomic E-state index is 0.123. The number of nitrogens with zero attached hydrogens (tertiary/aromatic N) is 2. The molecule has 0 radical (unpaired) electrons. The van der Waals surface area contributed by atoms with Crippen molar-refractivity contribution in [3.63, 3.8) is 0 Å². The van der Waals surface area contributed by atoms with Crippen molar-refractivity contribution in [2.75, 3.05) is 9.80 Å². The molecule has 198 valence electrons. The van der Waals surface area contributed by atoms with Gasteiger partial charge in [0.15, 0.2) is 5.78 Å². The third-order valence-corrected chi connectivity index (χ3v) is 9.89. The monoisotopic (exact) mass is 530 g/mol. The Balaban J connectivity index is 1.01. The van der Waals surface area contributed by atoms with Crippen LogP contribution >= 0.6 is 0 Å². The van der Waals surface area contributed by atoms with Gasteiger partial charge in [-0.05, 0) is 72.4 Å². The van der Waals surface area contributed by atoms with E-state index in [4.69, 9.17) is 0 Å². The molecule has 2 heterocycles. The Morgan fingerprint density at radius 1 is 0.625 bits per heavy atom. The molecule has 2 aromatic carbocycles. The number of imide groups is 2. The average Bonchev–Trinajstić information content (AvgIpc) is 3.80. The van der Waals surface area contributed by atoms with E-state index >= 15 is 0 Å². The molecular weight excluding hydrogens is 504 g/mol. The molecule has 0 spiro atoms. The van der Waals surface area contributed by atoms with Gasteiger partial charge in [0.1, 0.15) is 0 Å². The Hall–Kier alpha value is -4.39. The summed E-state index contributed by atoms with van der Waals surface area (Å²) in [6.45, 7) is 0. The molecule has 2 aliphatic heterocycles. The molecule has 7 heteroatoms. The van der Waals surface area contributed by atoms with Crippen molar-refractivity contribution in [3.8, 4) is 0 Å². The summed E-state index contributed by atoms with van der Waals surface area (Å²) in [5.41, 5.74) is 1.98. The van der Waals surface area contributed by atoms with Gasteiger partial charge in [-0.1, -0.05) is 54.6 Å². The second-order valence-electron chi connectivity index (χ2n) is 11.9. The number of carbonyl (C=O) groups excluding carboxylic acids is 5. The van der Waals surface area contributed by atoms with Gasteiger partial charge in [-0.2, -0.15) is 0 Å². The van der Waals surface area contributed by atoms with Crippen LogP contribution in [0.15, 0.2) is 78.9 Å². The smallest absolute Gasteiger partial charge is 0.238 e. The van der Waals surface area contributed by atoms with Crippen molar-refractivity contribution < 1.29 is 24.0 Å². The van der Waals surface area contributed by atoms with Crippen LogP contribution in [0.1, 0.15) is 28.8 Å². The van der Waals surface area contributed by atoms with Crippen LogP contribution in [0.2, 0.25) is 0 Å². The summed E-state index contributed by atoms with van der Waals surface area (Å²) >= 11 is 0. The predicted molar refractivity (Wildman–Crippen MR) is 147 cm³/mol. The van der Waals surface area contributed by atoms with Gasteiger partial charge in [0, 0.05) is 5.56 Å². The van der Waals surface area contributed by atoms with Crippen LogP contribution in [-0.4, -0.2) is 29.4 Å². The van der Waals surface area contributed by atoms with E-state index in [0.717, 1.165) is 12.8 Å². The van der Waals surface area contributed by atoms with Crippen LogP contribution in [0.4, 0.5) is 11.4 Å². The molecule has 4 bridgehead atoms. The standard InChI is InChI=1S/C33H26N2O5/c36-25(18-4-2-6-24(16-18)35-32(39)28-21-10-11-22(15-21)29(28)33(35)40)12-7-17-3-1-5-23(13-17)34-30(37)26-19-8-9-20(14-19)27(26)31(34)38/h1-13,16,19-22,26-29H,14-15H2/b12-7+/t19-,20-,21-,22-,26-,27+,28+,29+/m0/s1. The van der Waals surface area contributed by atoms with Crippen LogP contribution in [0.5, 0.6) is 0 Å². The van der Waals surface area contributed by atoms with Crippen LogP contribution in [0.3, 0.4) is 0 Å². The topological polar surface area (TPSA) is 91.8 Å². The summed E-state index contributed by atoms with van der Waals surface area (Å²) < 4.78 is 0. The Bertz CT molecular complexity index is 1570. The first-order valence-corrected chi connectivity index (χ1v) is 14.0. The van der Waals surface area contributed by atoms with Crippen molar-refractivity contribution in [2.24, 2.45) is 47.3 Å². The van der Waals surface area contributed by atoms with Crippen LogP contribution in [0.25, 0.3) is 6.08 Å². The molecule has 0 unspecified atom stereocenters. The Labute approximate surface area is 230 Å². The third-order valence-electron chi connectivity index (χ3n) is 9.89. The van der Waals surface area contributed by atoms with Gasteiger partial charge in [0.05, 0.1) is 35.0 Å². The fourth-order valence-corrected chi connectivity index (χ4v) is 8.15.